The molecule has 0 aliphatic heterocycles. The molecule has 2 aromatic heterocycles. The fourth-order valence-electron chi connectivity index (χ4n) is 1.17. The molecule has 88 valence electrons. The standard InChI is InChI=1S/C10H9ClN4OS/c1-6-5-17-9(13-6)4-12-10(16)7-2-3-8(11)15-14-7/h2-3,5H,4H2,1H3,(H,12,16). The number of carbonyl (C=O) groups excluding carboxylic acids is 1. The van der Waals surface area contributed by atoms with Gasteiger partial charge in [-0.3, -0.25) is 4.79 Å². The highest BCUT2D eigenvalue weighted by molar-refractivity contribution is 7.09. The minimum atomic E-state index is -0.290. The molecule has 0 aliphatic carbocycles. The van der Waals surface area contributed by atoms with Crippen LogP contribution in [0.15, 0.2) is 17.5 Å². The van der Waals surface area contributed by atoms with Gasteiger partial charge in [-0.05, 0) is 19.1 Å². The Balaban J connectivity index is 1.95. The van der Waals surface area contributed by atoms with Crippen molar-refractivity contribution in [2.75, 3.05) is 0 Å². The van der Waals surface area contributed by atoms with Crippen LogP contribution in [0.1, 0.15) is 21.2 Å². The van der Waals surface area contributed by atoms with Crippen LogP contribution in [-0.4, -0.2) is 21.1 Å². The Morgan fingerprint density at radius 3 is 2.88 bits per heavy atom. The van der Waals surface area contributed by atoms with E-state index in [0.29, 0.717) is 6.54 Å². The van der Waals surface area contributed by atoms with E-state index >= 15 is 0 Å². The second-order valence-electron chi connectivity index (χ2n) is 3.31. The summed E-state index contributed by atoms with van der Waals surface area (Å²) in [7, 11) is 0. The van der Waals surface area contributed by atoms with Crippen LogP contribution >= 0.6 is 22.9 Å². The fourth-order valence-corrected chi connectivity index (χ4v) is 1.98. The van der Waals surface area contributed by atoms with Crippen molar-refractivity contribution < 1.29 is 4.79 Å². The Kier molecular flexibility index (Phi) is 3.65. The molecule has 2 rings (SSSR count). The predicted molar refractivity (Wildman–Crippen MR) is 65.1 cm³/mol. The van der Waals surface area contributed by atoms with Gasteiger partial charge in [0.05, 0.1) is 6.54 Å². The molecule has 1 amide bonds. The quantitative estimate of drug-likeness (QED) is 0.922. The number of amides is 1. The molecule has 0 fully saturated rings. The van der Waals surface area contributed by atoms with Crippen molar-refractivity contribution in [2.45, 2.75) is 13.5 Å². The van der Waals surface area contributed by atoms with Crippen LogP contribution in [0.4, 0.5) is 0 Å². The van der Waals surface area contributed by atoms with E-state index in [1.165, 1.54) is 23.5 Å². The van der Waals surface area contributed by atoms with Gasteiger partial charge in [-0.15, -0.1) is 21.5 Å². The van der Waals surface area contributed by atoms with E-state index in [2.05, 4.69) is 20.5 Å². The number of thiazole rings is 1. The molecule has 0 atom stereocenters. The number of aryl methyl sites for hydroxylation is 1. The zero-order valence-electron chi connectivity index (χ0n) is 8.98. The summed E-state index contributed by atoms with van der Waals surface area (Å²) in [5.74, 6) is -0.290. The summed E-state index contributed by atoms with van der Waals surface area (Å²) in [6.07, 6.45) is 0. The molecule has 0 spiro atoms. The third kappa shape index (κ3) is 3.21. The normalized spacial score (nSPS) is 10.2. The first-order chi connectivity index (χ1) is 8.15. The average Bonchev–Trinajstić information content (AvgIpc) is 2.73. The lowest BCUT2D eigenvalue weighted by Gasteiger charge is -2.01. The highest BCUT2D eigenvalue weighted by Gasteiger charge is 2.08. The van der Waals surface area contributed by atoms with Crippen LogP contribution in [0.25, 0.3) is 0 Å². The van der Waals surface area contributed by atoms with E-state index < -0.39 is 0 Å². The Morgan fingerprint density at radius 1 is 1.47 bits per heavy atom. The molecule has 0 saturated carbocycles. The Hall–Kier alpha value is -1.53. The van der Waals surface area contributed by atoms with Crippen molar-refractivity contribution >= 4 is 28.8 Å². The van der Waals surface area contributed by atoms with E-state index in [1.807, 2.05) is 12.3 Å². The van der Waals surface area contributed by atoms with Crippen molar-refractivity contribution in [1.82, 2.24) is 20.5 Å². The topological polar surface area (TPSA) is 67.8 Å². The van der Waals surface area contributed by atoms with Gasteiger partial charge in [-0.25, -0.2) is 4.98 Å². The summed E-state index contributed by atoms with van der Waals surface area (Å²) in [5, 5.41) is 13.1. The van der Waals surface area contributed by atoms with E-state index in [-0.39, 0.29) is 16.8 Å². The molecule has 0 saturated heterocycles. The first-order valence-corrected chi connectivity index (χ1v) is 6.09. The monoisotopic (exact) mass is 268 g/mol. The molecule has 17 heavy (non-hydrogen) atoms. The number of halogens is 1. The number of nitrogens with one attached hydrogen (secondary N) is 1. The highest BCUT2D eigenvalue weighted by atomic mass is 35.5. The van der Waals surface area contributed by atoms with Crippen LogP contribution in [0.3, 0.4) is 0 Å². The molecule has 0 radical (unpaired) electrons. The minimum Gasteiger partial charge on any atom is -0.344 e. The van der Waals surface area contributed by atoms with Gasteiger partial charge < -0.3 is 5.32 Å². The Bertz CT molecular complexity index is 525. The van der Waals surface area contributed by atoms with Crippen molar-refractivity contribution in [2.24, 2.45) is 0 Å². The Labute approximate surface area is 107 Å². The van der Waals surface area contributed by atoms with Gasteiger partial charge in [-0.1, -0.05) is 11.6 Å². The average molecular weight is 269 g/mol. The number of hydrogen-bond acceptors (Lipinski definition) is 5. The van der Waals surface area contributed by atoms with Crippen molar-refractivity contribution in [3.05, 3.63) is 39.1 Å². The molecule has 1 N–H and O–H groups in total. The van der Waals surface area contributed by atoms with Gasteiger partial charge in [0.15, 0.2) is 10.8 Å². The zero-order chi connectivity index (χ0) is 12.3. The van der Waals surface area contributed by atoms with Gasteiger partial charge in [0.2, 0.25) is 0 Å². The summed E-state index contributed by atoms with van der Waals surface area (Å²) in [6.45, 7) is 2.30. The third-order valence-electron chi connectivity index (χ3n) is 1.93. The van der Waals surface area contributed by atoms with Gasteiger partial charge in [0.25, 0.3) is 5.91 Å². The second kappa shape index (κ2) is 5.20. The summed E-state index contributed by atoms with van der Waals surface area (Å²) in [5.41, 5.74) is 1.19. The molecule has 0 bridgehead atoms. The summed E-state index contributed by atoms with van der Waals surface area (Å²) in [4.78, 5) is 15.9. The molecule has 2 heterocycles. The van der Waals surface area contributed by atoms with Crippen LogP contribution in [0.5, 0.6) is 0 Å². The maximum atomic E-state index is 11.7. The summed E-state index contributed by atoms with van der Waals surface area (Å²) < 4.78 is 0. The largest absolute Gasteiger partial charge is 0.344 e. The van der Waals surface area contributed by atoms with Crippen molar-refractivity contribution in [3.8, 4) is 0 Å². The predicted octanol–water partition coefficient (Wildman–Crippen LogP) is 1.82. The smallest absolute Gasteiger partial charge is 0.272 e. The van der Waals surface area contributed by atoms with Crippen LogP contribution < -0.4 is 5.32 Å². The van der Waals surface area contributed by atoms with E-state index in [9.17, 15) is 4.79 Å². The molecule has 0 aromatic carbocycles. The molecule has 5 nitrogen and oxygen atoms in total. The summed E-state index contributed by atoms with van der Waals surface area (Å²) >= 11 is 7.08. The zero-order valence-corrected chi connectivity index (χ0v) is 10.5. The third-order valence-corrected chi connectivity index (χ3v) is 3.10. The molecular weight excluding hydrogens is 260 g/mol. The fraction of sp³-hybridized carbons (Fsp3) is 0.200. The molecule has 7 heteroatoms. The second-order valence-corrected chi connectivity index (χ2v) is 4.64. The highest BCUT2D eigenvalue weighted by Crippen LogP contribution is 2.08. The van der Waals surface area contributed by atoms with Crippen LogP contribution in [0.2, 0.25) is 5.15 Å². The molecule has 0 aliphatic rings. The molecule has 0 unspecified atom stereocenters. The van der Waals surface area contributed by atoms with Gasteiger partial charge in [0.1, 0.15) is 5.01 Å². The van der Waals surface area contributed by atoms with Gasteiger partial charge in [-0.2, -0.15) is 0 Å². The van der Waals surface area contributed by atoms with E-state index in [1.54, 1.807) is 0 Å². The van der Waals surface area contributed by atoms with Crippen molar-refractivity contribution in [1.29, 1.82) is 0 Å². The lowest BCUT2D eigenvalue weighted by atomic mass is 10.3. The molecular formula is C10H9ClN4OS. The lowest BCUT2D eigenvalue weighted by Crippen LogP contribution is -2.24. The van der Waals surface area contributed by atoms with E-state index in [0.717, 1.165) is 10.7 Å². The first-order valence-electron chi connectivity index (χ1n) is 4.83. The molecule has 2 aromatic rings. The maximum absolute atomic E-state index is 11.7. The maximum Gasteiger partial charge on any atom is 0.272 e. The number of rotatable bonds is 3. The lowest BCUT2D eigenvalue weighted by molar-refractivity contribution is 0.0945. The van der Waals surface area contributed by atoms with Gasteiger partial charge >= 0.3 is 0 Å². The minimum absolute atomic E-state index is 0.239. The first kappa shape index (κ1) is 11.9. The van der Waals surface area contributed by atoms with Gasteiger partial charge in [0, 0.05) is 11.1 Å². The Morgan fingerprint density at radius 2 is 2.29 bits per heavy atom. The number of aromatic nitrogens is 3. The van der Waals surface area contributed by atoms with Crippen molar-refractivity contribution in [3.63, 3.8) is 0 Å². The number of nitrogens with zero attached hydrogens (tertiary/aromatic N) is 3. The van der Waals surface area contributed by atoms with Crippen LogP contribution in [-0.2, 0) is 6.54 Å². The van der Waals surface area contributed by atoms with E-state index in [4.69, 9.17) is 11.6 Å². The number of hydrogen-bond donors (Lipinski definition) is 1. The summed E-state index contributed by atoms with van der Waals surface area (Å²) in [6, 6.07) is 3.05. The SMILES string of the molecule is Cc1csc(CNC(=O)c2ccc(Cl)nn2)n1. The van der Waals surface area contributed by atoms with Crippen LogP contribution in [0, 0.1) is 6.92 Å². The number of carbonyl (C=O) groups is 1.